The van der Waals surface area contributed by atoms with Crippen LogP contribution in [0.15, 0.2) is 18.2 Å². The molecule has 2 atom stereocenters. The van der Waals surface area contributed by atoms with Crippen LogP contribution in [0.25, 0.3) is 0 Å². The number of benzene rings is 1. The van der Waals surface area contributed by atoms with E-state index in [1.165, 1.54) is 0 Å². The van der Waals surface area contributed by atoms with E-state index in [9.17, 15) is 18.0 Å². The van der Waals surface area contributed by atoms with Crippen molar-refractivity contribution in [3.05, 3.63) is 23.8 Å². The summed E-state index contributed by atoms with van der Waals surface area (Å²) in [6, 6.07) is 5.40. The lowest BCUT2D eigenvalue weighted by molar-refractivity contribution is -0.192. The highest BCUT2D eigenvalue weighted by Crippen LogP contribution is 2.33. The number of halogens is 3. The molecule has 3 aliphatic heterocycles. The Morgan fingerprint density at radius 3 is 2.55 bits per heavy atom. The minimum Gasteiger partial charge on any atom is -0.475 e. The summed E-state index contributed by atoms with van der Waals surface area (Å²) in [7, 11) is 0. The van der Waals surface area contributed by atoms with Gasteiger partial charge in [-0.1, -0.05) is 6.92 Å². The van der Waals surface area contributed by atoms with Gasteiger partial charge >= 0.3 is 12.1 Å². The van der Waals surface area contributed by atoms with Gasteiger partial charge in [0.1, 0.15) is 0 Å². The Hall–Kier alpha value is -2.53. The van der Waals surface area contributed by atoms with Crippen molar-refractivity contribution in [2.24, 2.45) is 5.92 Å². The van der Waals surface area contributed by atoms with E-state index >= 15 is 0 Å². The number of alkyl halides is 3. The number of amides is 1. The number of carboxylic acids is 1. The van der Waals surface area contributed by atoms with Crippen LogP contribution in [0.5, 0.6) is 11.5 Å². The summed E-state index contributed by atoms with van der Waals surface area (Å²) in [4.78, 5) is 26.1. The topological polar surface area (TPSA) is 88.5 Å². The fraction of sp³-hybridized carbons (Fsp3) is 0.600. The van der Waals surface area contributed by atoms with E-state index in [0.29, 0.717) is 29.5 Å². The number of carbonyl (C=O) groups excluding carboxylic acids is 1. The monoisotopic (exact) mass is 446 g/mol. The highest BCUT2D eigenvalue weighted by molar-refractivity contribution is 5.95. The molecule has 1 aromatic rings. The highest BCUT2D eigenvalue weighted by atomic mass is 19.4. The molecule has 8 nitrogen and oxygen atoms in total. The molecule has 3 aliphatic rings. The fourth-order valence-corrected chi connectivity index (χ4v) is 3.80. The second-order valence-electron chi connectivity index (χ2n) is 7.47. The third kappa shape index (κ3) is 5.79. The number of fused-ring (bicyclic) bond motifs is 2. The predicted octanol–water partition coefficient (Wildman–Crippen LogP) is 2.23. The van der Waals surface area contributed by atoms with Crippen molar-refractivity contribution in [2.75, 3.05) is 46.1 Å². The van der Waals surface area contributed by atoms with Gasteiger partial charge in [-0.25, -0.2) is 4.79 Å². The molecule has 1 amide bonds. The first kappa shape index (κ1) is 23.1. The lowest BCUT2D eigenvalue weighted by Gasteiger charge is -2.38. The Labute approximate surface area is 177 Å². The van der Waals surface area contributed by atoms with Crippen LogP contribution in [0.2, 0.25) is 0 Å². The number of nitrogens with zero attached hydrogens (tertiary/aromatic N) is 2. The lowest BCUT2D eigenvalue weighted by Crippen LogP contribution is -2.49. The van der Waals surface area contributed by atoms with E-state index < -0.39 is 12.1 Å². The number of ether oxygens (including phenoxy) is 3. The van der Waals surface area contributed by atoms with Gasteiger partial charge in [0.25, 0.3) is 5.91 Å². The molecule has 11 heteroatoms. The zero-order chi connectivity index (χ0) is 22.6. The van der Waals surface area contributed by atoms with Crippen molar-refractivity contribution in [2.45, 2.75) is 25.6 Å². The first-order valence-corrected chi connectivity index (χ1v) is 10.0. The number of likely N-dealkylation sites (N-methyl/N-ethyl adjacent to an activating group) is 1. The van der Waals surface area contributed by atoms with Gasteiger partial charge in [-0.05, 0) is 31.2 Å². The van der Waals surface area contributed by atoms with Gasteiger partial charge in [0.05, 0.1) is 12.7 Å². The SMILES string of the molecule is CCN1CCO[C@@H]2CN(C(=O)c3ccc4c(c3)OCO4)CC[C@@H]2C1.O=C(O)C(F)(F)F. The van der Waals surface area contributed by atoms with Crippen LogP contribution in [0.4, 0.5) is 13.2 Å². The van der Waals surface area contributed by atoms with Gasteiger partial charge in [-0.3, -0.25) is 4.79 Å². The van der Waals surface area contributed by atoms with Crippen LogP contribution in [0.1, 0.15) is 23.7 Å². The molecule has 0 saturated carbocycles. The number of carboxylic acid groups (broad SMARTS) is 1. The summed E-state index contributed by atoms with van der Waals surface area (Å²) >= 11 is 0. The first-order chi connectivity index (χ1) is 14.7. The molecule has 2 fully saturated rings. The van der Waals surface area contributed by atoms with Crippen LogP contribution >= 0.6 is 0 Å². The summed E-state index contributed by atoms with van der Waals surface area (Å²) in [5.74, 6) is -0.829. The number of carbonyl (C=O) groups is 2. The van der Waals surface area contributed by atoms with E-state index in [1.807, 2.05) is 17.0 Å². The smallest absolute Gasteiger partial charge is 0.475 e. The molecule has 0 radical (unpaired) electrons. The van der Waals surface area contributed by atoms with Crippen molar-refractivity contribution in [3.63, 3.8) is 0 Å². The molecular formula is C20H25F3N2O6. The van der Waals surface area contributed by atoms with Crippen LogP contribution < -0.4 is 9.47 Å². The number of hydrogen-bond donors (Lipinski definition) is 1. The van der Waals surface area contributed by atoms with E-state index in [-0.39, 0.29) is 18.8 Å². The molecule has 0 spiro atoms. The van der Waals surface area contributed by atoms with Crippen molar-refractivity contribution in [1.29, 1.82) is 0 Å². The second kappa shape index (κ2) is 9.73. The third-order valence-corrected chi connectivity index (χ3v) is 5.52. The number of aliphatic carboxylic acids is 1. The molecule has 31 heavy (non-hydrogen) atoms. The quantitative estimate of drug-likeness (QED) is 0.745. The maximum atomic E-state index is 12.8. The van der Waals surface area contributed by atoms with Gasteiger partial charge in [-0.2, -0.15) is 13.2 Å². The van der Waals surface area contributed by atoms with Crippen LogP contribution in [-0.4, -0.2) is 85.2 Å². The molecular weight excluding hydrogens is 421 g/mol. The van der Waals surface area contributed by atoms with Gasteiger partial charge in [0, 0.05) is 37.7 Å². The zero-order valence-corrected chi connectivity index (χ0v) is 17.1. The molecule has 0 bridgehead atoms. The van der Waals surface area contributed by atoms with Crippen molar-refractivity contribution >= 4 is 11.9 Å². The van der Waals surface area contributed by atoms with Crippen molar-refractivity contribution in [1.82, 2.24) is 9.80 Å². The Bertz CT molecular complexity index is 804. The normalized spacial score (nSPS) is 23.3. The van der Waals surface area contributed by atoms with E-state index in [0.717, 1.165) is 39.2 Å². The standard InChI is InChI=1S/C18H24N2O4.C2HF3O2/c1-2-19-7-8-22-17-11-20(6-5-14(17)10-19)18(21)13-3-4-15-16(9-13)24-12-23-15;3-2(4,5)1(6)7/h3-4,9,14,17H,2,5-8,10-12H2,1H3;(H,6,7)/t14-,17-;/m1./s1. The maximum absolute atomic E-state index is 12.8. The van der Waals surface area contributed by atoms with Gasteiger partial charge in [0.2, 0.25) is 6.79 Å². The van der Waals surface area contributed by atoms with Crippen LogP contribution in [-0.2, 0) is 9.53 Å². The summed E-state index contributed by atoms with van der Waals surface area (Å²) in [6.45, 7) is 7.76. The molecule has 0 aromatic heterocycles. The number of likely N-dealkylation sites (tertiary alicyclic amines) is 1. The molecule has 172 valence electrons. The lowest BCUT2D eigenvalue weighted by atomic mass is 9.93. The molecule has 1 N–H and O–H groups in total. The highest BCUT2D eigenvalue weighted by Gasteiger charge is 2.38. The number of hydrogen-bond acceptors (Lipinski definition) is 6. The van der Waals surface area contributed by atoms with Gasteiger partial charge in [-0.15, -0.1) is 0 Å². The van der Waals surface area contributed by atoms with E-state index in [4.69, 9.17) is 24.1 Å². The van der Waals surface area contributed by atoms with Crippen molar-refractivity contribution in [3.8, 4) is 11.5 Å². The zero-order valence-electron chi connectivity index (χ0n) is 17.1. The Morgan fingerprint density at radius 2 is 1.87 bits per heavy atom. The minimum atomic E-state index is -5.08. The first-order valence-electron chi connectivity index (χ1n) is 10.0. The molecule has 2 saturated heterocycles. The predicted molar refractivity (Wildman–Crippen MR) is 102 cm³/mol. The Kier molecular flexibility index (Phi) is 7.26. The average molecular weight is 446 g/mol. The van der Waals surface area contributed by atoms with Crippen molar-refractivity contribution < 1.29 is 42.1 Å². The summed E-state index contributed by atoms with van der Waals surface area (Å²) in [5.41, 5.74) is 0.654. The molecule has 4 rings (SSSR count). The third-order valence-electron chi connectivity index (χ3n) is 5.52. The van der Waals surface area contributed by atoms with Crippen LogP contribution in [0.3, 0.4) is 0 Å². The maximum Gasteiger partial charge on any atom is 0.490 e. The van der Waals surface area contributed by atoms with E-state index in [2.05, 4.69) is 11.8 Å². The van der Waals surface area contributed by atoms with Gasteiger partial charge in [0.15, 0.2) is 11.5 Å². The number of piperidine rings is 1. The summed E-state index contributed by atoms with van der Waals surface area (Å²) in [6.07, 6.45) is -3.94. The summed E-state index contributed by atoms with van der Waals surface area (Å²) < 4.78 is 48.5. The largest absolute Gasteiger partial charge is 0.490 e. The fourth-order valence-electron chi connectivity index (χ4n) is 3.80. The Balaban J connectivity index is 0.000000339. The number of rotatable bonds is 2. The molecule has 3 heterocycles. The molecule has 1 aromatic carbocycles. The second-order valence-corrected chi connectivity index (χ2v) is 7.47. The molecule has 0 aliphatic carbocycles. The summed E-state index contributed by atoms with van der Waals surface area (Å²) in [5, 5.41) is 7.12. The van der Waals surface area contributed by atoms with Crippen LogP contribution in [0, 0.1) is 5.92 Å². The average Bonchev–Trinajstić information content (AvgIpc) is 3.10. The van der Waals surface area contributed by atoms with E-state index in [1.54, 1.807) is 6.07 Å². The molecule has 0 unspecified atom stereocenters. The minimum absolute atomic E-state index is 0.0481. The van der Waals surface area contributed by atoms with Gasteiger partial charge < -0.3 is 29.1 Å². The Morgan fingerprint density at radius 1 is 1.16 bits per heavy atom.